The van der Waals surface area contributed by atoms with Crippen molar-refractivity contribution in [3.8, 4) is 16.9 Å². The van der Waals surface area contributed by atoms with E-state index in [4.69, 9.17) is 10.5 Å². The summed E-state index contributed by atoms with van der Waals surface area (Å²) in [5.41, 5.74) is 5.79. The van der Waals surface area contributed by atoms with Crippen molar-refractivity contribution in [3.05, 3.63) is 77.9 Å². The molecule has 4 heterocycles. The van der Waals surface area contributed by atoms with Crippen molar-refractivity contribution in [1.82, 2.24) is 14.9 Å². The molecule has 0 aliphatic carbocycles. The molecule has 33 heavy (non-hydrogen) atoms. The minimum Gasteiger partial charge on any atom is -0.487 e. The zero-order valence-corrected chi connectivity index (χ0v) is 18.0. The molecular formula is C24H21F2N5O2. The van der Waals surface area contributed by atoms with Crippen LogP contribution in [0.1, 0.15) is 24.6 Å². The summed E-state index contributed by atoms with van der Waals surface area (Å²) in [6.45, 7) is 1.86. The maximum absolute atomic E-state index is 14.4. The summed E-state index contributed by atoms with van der Waals surface area (Å²) in [5, 5.41) is 0. The van der Waals surface area contributed by atoms with Crippen LogP contribution in [0.2, 0.25) is 0 Å². The van der Waals surface area contributed by atoms with Crippen LogP contribution >= 0.6 is 0 Å². The number of fused-ring (bicyclic) bond motifs is 2. The number of nitrogens with two attached hydrogens (primary N) is 1. The van der Waals surface area contributed by atoms with Crippen LogP contribution in [0.3, 0.4) is 0 Å². The minimum absolute atomic E-state index is 0.0908. The Balaban J connectivity index is 1.64. The fraction of sp³-hybridized carbons (Fsp3) is 0.250. The molecule has 5 rings (SSSR count). The molecule has 1 amide bonds. The summed E-state index contributed by atoms with van der Waals surface area (Å²) in [4.78, 5) is 27.2. The van der Waals surface area contributed by atoms with Gasteiger partial charge >= 0.3 is 0 Å². The fourth-order valence-electron chi connectivity index (χ4n) is 4.63. The van der Waals surface area contributed by atoms with E-state index in [0.717, 1.165) is 6.20 Å². The average molecular weight is 449 g/mol. The van der Waals surface area contributed by atoms with Crippen LogP contribution < -0.4 is 10.5 Å². The van der Waals surface area contributed by atoms with Crippen LogP contribution in [0.4, 0.5) is 8.78 Å². The quantitative estimate of drug-likeness (QED) is 0.620. The number of carbonyl (C=O) groups is 1. The van der Waals surface area contributed by atoms with Gasteiger partial charge in [0.15, 0.2) is 11.5 Å². The zero-order chi connectivity index (χ0) is 23.4. The first-order chi connectivity index (χ1) is 15.7. The number of likely N-dealkylation sites (N-methyl/N-ethyl adjacent to an activating group) is 1. The number of hydrogen-bond acceptors (Lipinski definition) is 6. The van der Waals surface area contributed by atoms with Crippen molar-refractivity contribution in [2.24, 2.45) is 10.7 Å². The molecule has 1 spiro atoms. The van der Waals surface area contributed by atoms with E-state index < -0.39 is 22.9 Å². The van der Waals surface area contributed by atoms with Gasteiger partial charge in [0.05, 0.1) is 6.20 Å². The number of guanidine groups is 1. The summed E-state index contributed by atoms with van der Waals surface area (Å²) in [5.74, 6) is -0.817. The van der Waals surface area contributed by atoms with Gasteiger partial charge in [0.25, 0.3) is 5.91 Å². The number of halogens is 2. The topological polar surface area (TPSA) is 93.7 Å². The van der Waals surface area contributed by atoms with Crippen molar-refractivity contribution in [2.45, 2.75) is 30.9 Å². The summed E-state index contributed by atoms with van der Waals surface area (Å²) < 4.78 is 34.1. The monoisotopic (exact) mass is 449 g/mol. The van der Waals surface area contributed by atoms with Gasteiger partial charge in [-0.3, -0.25) is 14.7 Å². The molecule has 7 nitrogen and oxygen atoms in total. The van der Waals surface area contributed by atoms with Gasteiger partial charge in [0.1, 0.15) is 17.2 Å². The fourth-order valence-corrected chi connectivity index (χ4v) is 4.63. The predicted molar refractivity (Wildman–Crippen MR) is 117 cm³/mol. The Morgan fingerprint density at radius 3 is 2.67 bits per heavy atom. The first-order valence-electron chi connectivity index (χ1n) is 10.4. The van der Waals surface area contributed by atoms with Gasteiger partial charge in [-0.2, -0.15) is 4.39 Å². The molecule has 0 saturated heterocycles. The molecule has 2 aromatic heterocycles. The van der Waals surface area contributed by atoms with Crippen LogP contribution in [0.15, 0.2) is 59.9 Å². The summed E-state index contributed by atoms with van der Waals surface area (Å²) in [7, 11) is 1.56. The molecule has 2 atom stereocenters. The third kappa shape index (κ3) is 3.40. The van der Waals surface area contributed by atoms with Gasteiger partial charge in [-0.1, -0.05) is 6.07 Å². The largest absolute Gasteiger partial charge is 0.487 e. The zero-order valence-electron chi connectivity index (χ0n) is 18.0. The number of pyridine rings is 2. The second-order valence-corrected chi connectivity index (χ2v) is 8.62. The van der Waals surface area contributed by atoms with Crippen molar-refractivity contribution in [1.29, 1.82) is 0 Å². The standard InChI is InChI=1S/C24H21F2N5O2/c1-23(11-16-7-6-15(25)12-29-16)13-24(21(32)31(2)22(27)30-24)18-10-14(5-8-19(18)33-23)17-4-3-9-28-20(17)26/h3-10,12H,11,13H2,1-2H3,(H2,27,30)/t23-,24-/m1/s1. The lowest BCUT2D eigenvalue weighted by molar-refractivity contribution is -0.133. The number of benzene rings is 1. The van der Waals surface area contributed by atoms with Crippen LogP contribution in [0.5, 0.6) is 5.75 Å². The van der Waals surface area contributed by atoms with Crippen molar-refractivity contribution >= 4 is 11.9 Å². The average Bonchev–Trinajstić information content (AvgIpc) is 2.99. The van der Waals surface area contributed by atoms with E-state index >= 15 is 0 Å². The lowest BCUT2D eigenvalue weighted by Gasteiger charge is -2.43. The normalized spacial score (nSPS) is 23.9. The van der Waals surface area contributed by atoms with E-state index in [1.807, 2.05) is 6.92 Å². The minimum atomic E-state index is -1.34. The Morgan fingerprint density at radius 1 is 1.18 bits per heavy atom. The maximum atomic E-state index is 14.4. The van der Waals surface area contributed by atoms with E-state index in [-0.39, 0.29) is 18.3 Å². The molecule has 0 bridgehead atoms. The van der Waals surface area contributed by atoms with E-state index in [9.17, 15) is 13.6 Å². The van der Waals surface area contributed by atoms with Crippen molar-refractivity contribution in [2.75, 3.05) is 7.05 Å². The second-order valence-electron chi connectivity index (χ2n) is 8.62. The van der Waals surface area contributed by atoms with Gasteiger partial charge in [-0.05, 0) is 48.9 Å². The molecule has 2 aliphatic heterocycles. The van der Waals surface area contributed by atoms with Crippen LogP contribution in [0, 0.1) is 11.8 Å². The highest BCUT2D eigenvalue weighted by molar-refractivity contribution is 6.07. The number of aliphatic imine (C=N–C) groups is 1. The molecule has 2 N–H and O–H groups in total. The Labute approximate surface area is 188 Å². The number of nitrogens with zero attached hydrogens (tertiary/aromatic N) is 4. The van der Waals surface area contributed by atoms with Gasteiger partial charge in [0.2, 0.25) is 5.95 Å². The van der Waals surface area contributed by atoms with Gasteiger partial charge < -0.3 is 10.5 Å². The molecule has 3 aromatic rings. The highest BCUT2D eigenvalue weighted by atomic mass is 19.1. The maximum Gasteiger partial charge on any atom is 0.261 e. The van der Waals surface area contributed by atoms with E-state index in [2.05, 4.69) is 15.0 Å². The highest BCUT2D eigenvalue weighted by Gasteiger charge is 2.56. The van der Waals surface area contributed by atoms with Gasteiger partial charge in [-0.25, -0.2) is 14.4 Å². The first kappa shape index (κ1) is 21.0. The molecule has 0 fully saturated rings. The number of carbonyl (C=O) groups excluding carboxylic acids is 1. The molecule has 1 aromatic carbocycles. The summed E-state index contributed by atoms with van der Waals surface area (Å²) >= 11 is 0. The van der Waals surface area contributed by atoms with Crippen molar-refractivity contribution < 1.29 is 18.3 Å². The summed E-state index contributed by atoms with van der Waals surface area (Å²) in [6, 6.07) is 11.3. The predicted octanol–water partition coefficient (Wildman–Crippen LogP) is 3.19. The summed E-state index contributed by atoms with van der Waals surface area (Å²) in [6.07, 6.45) is 3.01. The Hall–Kier alpha value is -3.88. The molecular weight excluding hydrogens is 428 g/mol. The highest BCUT2D eigenvalue weighted by Crippen LogP contribution is 2.50. The molecule has 0 saturated carbocycles. The smallest absolute Gasteiger partial charge is 0.261 e. The Morgan fingerprint density at radius 2 is 2.00 bits per heavy atom. The molecule has 2 aliphatic rings. The molecule has 0 radical (unpaired) electrons. The van der Waals surface area contributed by atoms with Gasteiger partial charge in [0, 0.05) is 42.9 Å². The number of hydrogen-bond donors (Lipinski definition) is 1. The van der Waals surface area contributed by atoms with E-state index in [0.29, 0.717) is 34.6 Å². The number of aromatic nitrogens is 2. The molecule has 168 valence electrons. The van der Waals surface area contributed by atoms with Crippen LogP contribution in [-0.2, 0) is 16.8 Å². The second kappa shape index (κ2) is 7.33. The first-order valence-corrected chi connectivity index (χ1v) is 10.4. The number of ether oxygens (including phenoxy) is 1. The lowest BCUT2D eigenvalue weighted by Crippen LogP contribution is -2.51. The SMILES string of the molecule is CN1C(=O)[C@]2(C[C@@](C)(Cc3ccc(F)cn3)Oc3ccc(-c4cccnc4F)cc32)N=C1N. The third-order valence-corrected chi connectivity index (χ3v) is 6.13. The number of rotatable bonds is 3. The van der Waals surface area contributed by atoms with Crippen LogP contribution in [-0.4, -0.2) is 39.4 Å². The van der Waals surface area contributed by atoms with E-state index in [1.165, 1.54) is 17.2 Å². The van der Waals surface area contributed by atoms with Gasteiger partial charge in [-0.15, -0.1) is 0 Å². The van der Waals surface area contributed by atoms with E-state index in [1.54, 1.807) is 43.4 Å². The Bertz CT molecular complexity index is 1300. The van der Waals surface area contributed by atoms with Crippen LogP contribution in [0.25, 0.3) is 11.1 Å². The molecule has 9 heteroatoms. The Kier molecular flexibility index (Phi) is 4.66. The lowest BCUT2D eigenvalue weighted by atomic mass is 9.74. The molecule has 0 unspecified atom stereocenters. The van der Waals surface area contributed by atoms with Crippen molar-refractivity contribution in [3.63, 3.8) is 0 Å². The number of amides is 1. The third-order valence-electron chi connectivity index (χ3n) is 6.13.